The van der Waals surface area contributed by atoms with Gasteiger partial charge in [0.25, 0.3) is 0 Å². The molecule has 2 atom stereocenters. The zero-order chi connectivity index (χ0) is 17.3. The van der Waals surface area contributed by atoms with Crippen molar-refractivity contribution < 1.29 is 22.3 Å². The van der Waals surface area contributed by atoms with Crippen LogP contribution in [0.4, 0.5) is 8.78 Å². The smallest absolute Gasteiger partial charge is 0.217 e. The number of hydrogen-bond donors (Lipinski definition) is 2. The van der Waals surface area contributed by atoms with E-state index in [1.807, 2.05) is 0 Å². The van der Waals surface area contributed by atoms with E-state index in [1.54, 1.807) is 0 Å². The summed E-state index contributed by atoms with van der Waals surface area (Å²) in [4.78, 5) is 3.70. The Hall–Kier alpha value is -1.91. The maximum atomic E-state index is 14.2. The van der Waals surface area contributed by atoms with Crippen LogP contribution in [-0.2, 0) is 22.2 Å². The van der Waals surface area contributed by atoms with E-state index in [1.165, 1.54) is 31.3 Å². The summed E-state index contributed by atoms with van der Waals surface area (Å²) in [6, 6.07) is 2.55. The van der Waals surface area contributed by atoms with Gasteiger partial charge in [-0.2, -0.15) is 5.10 Å². The van der Waals surface area contributed by atoms with Gasteiger partial charge in [-0.3, -0.25) is 0 Å². The van der Waals surface area contributed by atoms with Crippen LogP contribution < -0.4 is 4.72 Å². The van der Waals surface area contributed by atoms with Gasteiger partial charge in [0.1, 0.15) is 35.1 Å². The molecular weight excluding hydrogens is 330 g/mol. The molecule has 0 spiro atoms. The van der Waals surface area contributed by atoms with Gasteiger partial charge in [-0.15, -0.1) is 0 Å². The van der Waals surface area contributed by atoms with Gasteiger partial charge in [0.2, 0.25) is 10.0 Å². The summed E-state index contributed by atoms with van der Waals surface area (Å²) < 4.78 is 54.8. The third-order valence-electron chi connectivity index (χ3n) is 3.69. The molecule has 0 fully saturated rings. The quantitative estimate of drug-likeness (QED) is 0.788. The summed E-state index contributed by atoms with van der Waals surface area (Å²) in [5, 5.41) is 13.3. The number of halogens is 2. The van der Waals surface area contributed by atoms with Gasteiger partial charge < -0.3 is 5.11 Å². The van der Waals surface area contributed by atoms with Crippen LogP contribution in [0.1, 0.15) is 12.5 Å². The van der Waals surface area contributed by atoms with Crippen molar-refractivity contribution in [2.24, 2.45) is 0 Å². The highest BCUT2D eigenvalue weighted by Gasteiger charge is 2.45. The molecule has 0 radical (unpaired) electrons. The number of nitrogens with zero attached hydrogens (tertiary/aromatic N) is 3. The van der Waals surface area contributed by atoms with Crippen molar-refractivity contribution in [3.63, 3.8) is 0 Å². The lowest BCUT2D eigenvalue weighted by Crippen LogP contribution is -2.49. The van der Waals surface area contributed by atoms with Gasteiger partial charge in [0, 0.05) is 11.6 Å². The highest BCUT2D eigenvalue weighted by Crippen LogP contribution is 2.33. The molecule has 2 N–H and O–H groups in total. The molecule has 1 heterocycles. The summed E-state index contributed by atoms with van der Waals surface area (Å²) in [6.07, 6.45) is 2.45. The summed E-state index contributed by atoms with van der Waals surface area (Å²) in [7, 11) is -2.77. The van der Waals surface area contributed by atoms with Crippen molar-refractivity contribution in [3.05, 3.63) is 48.1 Å². The standard InChI is InChI=1S/C13H16F2N4O3S/c1-9(23(21,22)16-2)13(20,6-19-8-17-7-18-19)11-4-3-10(14)5-12(11)15/h3-5,7-9,16,20H,6H2,1-2H3/t9-,13-/m1/s1. The topological polar surface area (TPSA) is 97.1 Å². The summed E-state index contributed by atoms with van der Waals surface area (Å²) in [6.45, 7) is 0.850. The van der Waals surface area contributed by atoms with Gasteiger partial charge in [-0.05, 0) is 20.0 Å². The van der Waals surface area contributed by atoms with Crippen LogP contribution in [0.25, 0.3) is 0 Å². The summed E-state index contributed by atoms with van der Waals surface area (Å²) in [5.74, 6) is -1.88. The Bertz CT molecular complexity index is 783. The third kappa shape index (κ3) is 3.38. The van der Waals surface area contributed by atoms with Crippen molar-refractivity contribution >= 4 is 10.0 Å². The molecule has 23 heavy (non-hydrogen) atoms. The van der Waals surface area contributed by atoms with Crippen molar-refractivity contribution in [3.8, 4) is 0 Å². The molecule has 0 bridgehead atoms. The van der Waals surface area contributed by atoms with Gasteiger partial charge in [-0.1, -0.05) is 6.07 Å². The van der Waals surface area contributed by atoms with Gasteiger partial charge in [0.15, 0.2) is 0 Å². The number of hydrogen-bond acceptors (Lipinski definition) is 5. The van der Waals surface area contributed by atoms with Crippen LogP contribution in [0.2, 0.25) is 0 Å². The van der Waals surface area contributed by atoms with Crippen molar-refractivity contribution in [1.82, 2.24) is 19.5 Å². The lowest BCUT2D eigenvalue weighted by Gasteiger charge is -2.34. The van der Waals surface area contributed by atoms with Crippen LogP contribution in [-0.4, -0.2) is 40.6 Å². The highest BCUT2D eigenvalue weighted by atomic mass is 32.2. The zero-order valence-corrected chi connectivity index (χ0v) is 13.3. The van der Waals surface area contributed by atoms with E-state index >= 15 is 0 Å². The number of nitrogens with one attached hydrogen (secondary N) is 1. The lowest BCUT2D eigenvalue weighted by atomic mass is 9.90. The van der Waals surface area contributed by atoms with E-state index < -0.39 is 32.5 Å². The average molecular weight is 346 g/mol. The maximum absolute atomic E-state index is 14.2. The lowest BCUT2D eigenvalue weighted by molar-refractivity contribution is 0.0107. The Kier molecular flexibility index (Phi) is 4.78. The van der Waals surface area contributed by atoms with Crippen LogP contribution in [0.5, 0.6) is 0 Å². The molecule has 0 saturated carbocycles. The molecule has 2 rings (SSSR count). The van der Waals surface area contributed by atoms with Gasteiger partial charge in [0.05, 0.1) is 6.54 Å². The van der Waals surface area contributed by atoms with Crippen LogP contribution in [0.3, 0.4) is 0 Å². The molecule has 2 aromatic rings. The van der Waals surface area contributed by atoms with Gasteiger partial charge in [-0.25, -0.2) is 31.6 Å². The predicted molar refractivity (Wildman–Crippen MR) is 77.7 cm³/mol. The Balaban J connectivity index is 2.59. The first-order valence-electron chi connectivity index (χ1n) is 6.63. The van der Waals surface area contributed by atoms with Crippen molar-refractivity contribution in [1.29, 1.82) is 0 Å². The molecule has 10 heteroatoms. The van der Waals surface area contributed by atoms with Crippen LogP contribution in [0.15, 0.2) is 30.9 Å². The highest BCUT2D eigenvalue weighted by molar-refractivity contribution is 7.90. The number of rotatable bonds is 6. The number of benzene rings is 1. The van der Waals surface area contributed by atoms with Crippen LogP contribution in [0, 0.1) is 11.6 Å². The van der Waals surface area contributed by atoms with Gasteiger partial charge >= 0.3 is 0 Å². The molecule has 1 aromatic carbocycles. The maximum Gasteiger partial charge on any atom is 0.217 e. The van der Waals surface area contributed by atoms with Crippen LogP contribution >= 0.6 is 0 Å². The Morgan fingerprint density at radius 3 is 2.65 bits per heavy atom. The van der Waals surface area contributed by atoms with E-state index in [2.05, 4.69) is 14.8 Å². The minimum absolute atomic E-state index is 0.347. The number of sulfonamides is 1. The normalized spacial score (nSPS) is 16.0. The first-order valence-corrected chi connectivity index (χ1v) is 8.18. The monoisotopic (exact) mass is 346 g/mol. The summed E-state index contributed by atoms with van der Waals surface area (Å²) >= 11 is 0. The van der Waals surface area contributed by atoms with E-state index in [9.17, 15) is 22.3 Å². The van der Waals surface area contributed by atoms with E-state index in [4.69, 9.17) is 0 Å². The first-order chi connectivity index (χ1) is 10.7. The molecule has 7 nitrogen and oxygen atoms in total. The van der Waals surface area contributed by atoms with Crippen molar-refractivity contribution in [2.75, 3.05) is 7.05 Å². The number of aromatic nitrogens is 3. The Labute approximate surface area is 132 Å². The van der Waals surface area contributed by atoms with E-state index in [0.29, 0.717) is 6.07 Å². The zero-order valence-electron chi connectivity index (χ0n) is 12.4. The predicted octanol–water partition coefficient (Wildman–Crippen LogP) is 0.382. The third-order valence-corrected chi connectivity index (χ3v) is 5.58. The molecular formula is C13H16F2N4O3S. The fourth-order valence-corrected chi connectivity index (χ4v) is 3.34. The molecule has 0 unspecified atom stereocenters. The second-order valence-corrected chi connectivity index (χ2v) is 7.24. The average Bonchev–Trinajstić information content (AvgIpc) is 2.98. The molecule has 0 aliphatic heterocycles. The SMILES string of the molecule is CNS(=O)(=O)[C@H](C)[C@](O)(Cn1cncn1)c1ccc(F)cc1F. The molecule has 0 amide bonds. The molecule has 0 saturated heterocycles. The minimum atomic E-state index is -3.96. The van der Waals surface area contributed by atoms with E-state index in [-0.39, 0.29) is 12.1 Å². The molecule has 0 aliphatic carbocycles. The summed E-state index contributed by atoms with van der Waals surface area (Å²) in [5.41, 5.74) is -2.53. The largest absolute Gasteiger partial charge is 0.382 e. The fourth-order valence-electron chi connectivity index (χ4n) is 2.27. The fraction of sp³-hybridized carbons (Fsp3) is 0.385. The minimum Gasteiger partial charge on any atom is -0.382 e. The second-order valence-electron chi connectivity index (χ2n) is 5.03. The van der Waals surface area contributed by atoms with E-state index in [0.717, 1.165) is 12.1 Å². The molecule has 1 aromatic heterocycles. The Morgan fingerprint density at radius 1 is 1.43 bits per heavy atom. The molecule has 126 valence electrons. The molecule has 0 aliphatic rings. The first kappa shape index (κ1) is 17.4. The number of aliphatic hydroxyl groups is 1. The second kappa shape index (κ2) is 6.30. The Morgan fingerprint density at radius 2 is 2.13 bits per heavy atom. The van der Waals surface area contributed by atoms with Crippen molar-refractivity contribution in [2.45, 2.75) is 24.3 Å².